The van der Waals surface area contributed by atoms with Crippen LogP contribution in [0, 0.1) is 17.3 Å². The van der Waals surface area contributed by atoms with Crippen molar-refractivity contribution in [2.75, 3.05) is 26.2 Å². The third-order valence-electron chi connectivity index (χ3n) is 4.07. The molecule has 2 atom stereocenters. The lowest BCUT2D eigenvalue weighted by molar-refractivity contribution is -0.138. The fourth-order valence-corrected chi connectivity index (χ4v) is 3.11. The number of nitrogens with zero attached hydrogens (tertiary/aromatic N) is 2. The second kappa shape index (κ2) is 5.18. The molecule has 0 aromatic heterocycles. The lowest BCUT2D eigenvalue weighted by Crippen LogP contribution is -2.41. The smallest absolute Gasteiger partial charge is 0.410 e. The molecule has 5 heteroatoms. The number of carbonyl (C=O) groups excluding carboxylic acids is 2. The lowest BCUT2D eigenvalue weighted by Gasteiger charge is -2.28. The molecule has 120 valence electrons. The SMILES string of the molecule is CC(C)(C)OC(=O)N1CC2CN(C(=O)C(C)(C)C)CC2C1. The summed E-state index contributed by atoms with van der Waals surface area (Å²) in [6.45, 7) is 14.4. The first-order chi connectivity index (χ1) is 9.47. The first-order valence-electron chi connectivity index (χ1n) is 7.74. The summed E-state index contributed by atoms with van der Waals surface area (Å²) < 4.78 is 5.42. The molecule has 0 N–H and O–H groups in total. The van der Waals surface area contributed by atoms with Crippen molar-refractivity contribution in [3.05, 3.63) is 0 Å². The molecule has 0 saturated carbocycles. The van der Waals surface area contributed by atoms with Gasteiger partial charge in [-0.1, -0.05) is 20.8 Å². The molecule has 2 unspecified atom stereocenters. The molecule has 0 radical (unpaired) electrons. The van der Waals surface area contributed by atoms with E-state index in [0.717, 1.165) is 13.1 Å². The van der Waals surface area contributed by atoms with Gasteiger partial charge in [-0.05, 0) is 20.8 Å². The van der Waals surface area contributed by atoms with E-state index >= 15 is 0 Å². The van der Waals surface area contributed by atoms with Gasteiger partial charge in [0.15, 0.2) is 0 Å². The van der Waals surface area contributed by atoms with Gasteiger partial charge in [-0.25, -0.2) is 4.79 Å². The highest BCUT2D eigenvalue weighted by atomic mass is 16.6. The lowest BCUT2D eigenvalue weighted by atomic mass is 9.95. The van der Waals surface area contributed by atoms with Crippen LogP contribution in [-0.2, 0) is 9.53 Å². The number of carbonyl (C=O) groups is 2. The molecule has 2 saturated heterocycles. The number of ether oxygens (including phenoxy) is 1. The van der Waals surface area contributed by atoms with Gasteiger partial charge in [0.2, 0.25) is 5.91 Å². The molecule has 2 aliphatic heterocycles. The quantitative estimate of drug-likeness (QED) is 0.689. The number of fused-ring (bicyclic) bond motifs is 1. The van der Waals surface area contributed by atoms with Crippen LogP contribution in [0.25, 0.3) is 0 Å². The average molecular weight is 296 g/mol. The van der Waals surface area contributed by atoms with Crippen LogP contribution in [0.1, 0.15) is 41.5 Å². The van der Waals surface area contributed by atoms with Gasteiger partial charge in [-0.2, -0.15) is 0 Å². The monoisotopic (exact) mass is 296 g/mol. The summed E-state index contributed by atoms with van der Waals surface area (Å²) >= 11 is 0. The predicted molar refractivity (Wildman–Crippen MR) is 80.8 cm³/mol. The highest BCUT2D eigenvalue weighted by Gasteiger charge is 2.45. The average Bonchev–Trinajstić information content (AvgIpc) is 2.81. The minimum absolute atomic E-state index is 0.209. The summed E-state index contributed by atoms with van der Waals surface area (Å²) in [5.41, 5.74) is -0.785. The molecule has 21 heavy (non-hydrogen) atoms. The first kappa shape index (κ1) is 16.1. The van der Waals surface area contributed by atoms with E-state index in [1.807, 2.05) is 46.4 Å². The van der Waals surface area contributed by atoms with Gasteiger partial charge in [0.05, 0.1) is 0 Å². The summed E-state index contributed by atoms with van der Waals surface area (Å²) in [6.07, 6.45) is -0.231. The number of hydrogen-bond acceptors (Lipinski definition) is 3. The van der Waals surface area contributed by atoms with E-state index in [9.17, 15) is 9.59 Å². The van der Waals surface area contributed by atoms with Gasteiger partial charge in [0.25, 0.3) is 0 Å². The van der Waals surface area contributed by atoms with Crippen molar-refractivity contribution in [3.63, 3.8) is 0 Å². The number of rotatable bonds is 0. The van der Waals surface area contributed by atoms with Gasteiger partial charge >= 0.3 is 6.09 Å². The fourth-order valence-electron chi connectivity index (χ4n) is 3.11. The Morgan fingerprint density at radius 2 is 1.29 bits per heavy atom. The highest BCUT2D eigenvalue weighted by molar-refractivity contribution is 5.82. The summed E-state index contributed by atoms with van der Waals surface area (Å²) in [6, 6.07) is 0. The Hall–Kier alpha value is -1.26. The van der Waals surface area contributed by atoms with Gasteiger partial charge in [0.1, 0.15) is 5.60 Å². The minimum Gasteiger partial charge on any atom is -0.444 e. The molecule has 2 rings (SSSR count). The molecule has 2 aliphatic rings. The van der Waals surface area contributed by atoms with Gasteiger partial charge < -0.3 is 14.5 Å². The van der Waals surface area contributed by atoms with Crippen molar-refractivity contribution in [1.82, 2.24) is 9.80 Å². The zero-order valence-corrected chi connectivity index (χ0v) is 14.1. The molecule has 5 nitrogen and oxygen atoms in total. The predicted octanol–water partition coefficient (Wildman–Crippen LogP) is 2.36. The normalized spacial score (nSPS) is 26.0. The van der Waals surface area contributed by atoms with Crippen molar-refractivity contribution in [2.45, 2.75) is 47.1 Å². The van der Waals surface area contributed by atoms with Crippen LogP contribution in [0.5, 0.6) is 0 Å². The first-order valence-corrected chi connectivity index (χ1v) is 7.74. The third-order valence-corrected chi connectivity index (χ3v) is 4.07. The van der Waals surface area contributed by atoms with E-state index in [1.165, 1.54) is 0 Å². The van der Waals surface area contributed by atoms with Crippen LogP contribution >= 0.6 is 0 Å². The van der Waals surface area contributed by atoms with Crippen LogP contribution in [0.15, 0.2) is 0 Å². The minimum atomic E-state index is -0.455. The van der Waals surface area contributed by atoms with E-state index in [-0.39, 0.29) is 17.4 Å². The van der Waals surface area contributed by atoms with E-state index < -0.39 is 5.60 Å². The maximum atomic E-state index is 12.3. The molecule has 0 bridgehead atoms. The summed E-state index contributed by atoms with van der Waals surface area (Å²) in [4.78, 5) is 28.2. The van der Waals surface area contributed by atoms with Crippen molar-refractivity contribution in [1.29, 1.82) is 0 Å². The molecular formula is C16H28N2O3. The van der Waals surface area contributed by atoms with Gasteiger partial charge in [-0.3, -0.25) is 4.79 Å². The standard InChI is InChI=1S/C16H28N2O3/c1-15(2,3)13(19)17-7-11-9-18(10-12(11)8-17)14(20)21-16(4,5)6/h11-12H,7-10H2,1-6H3. The van der Waals surface area contributed by atoms with Crippen molar-refractivity contribution in [2.24, 2.45) is 17.3 Å². The van der Waals surface area contributed by atoms with Crippen LogP contribution in [-0.4, -0.2) is 53.6 Å². The maximum Gasteiger partial charge on any atom is 0.410 e. The molecule has 0 spiro atoms. The Morgan fingerprint density at radius 1 is 0.857 bits per heavy atom. The van der Waals surface area contributed by atoms with Gasteiger partial charge in [-0.15, -0.1) is 0 Å². The number of hydrogen-bond donors (Lipinski definition) is 0. The van der Waals surface area contributed by atoms with Crippen LogP contribution in [0.4, 0.5) is 4.79 Å². The highest BCUT2D eigenvalue weighted by Crippen LogP contribution is 2.34. The Labute approximate surface area is 127 Å². The Balaban J connectivity index is 1.90. The Kier molecular flexibility index (Phi) is 3.98. The topological polar surface area (TPSA) is 49.9 Å². The third kappa shape index (κ3) is 3.69. The fraction of sp³-hybridized carbons (Fsp3) is 0.875. The molecule has 2 fully saturated rings. The van der Waals surface area contributed by atoms with Crippen LogP contribution < -0.4 is 0 Å². The van der Waals surface area contributed by atoms with Gasteiger partial charge in [0, 0.05) is 43.4 Å². The van der Waals surface area contributed by atoms with Crippen molar-refractivity contribution < 1.29 is 14.3 Å². The second-order valence-electron chi connectivity index (χ2n) is 8.37. The molecular weight excluding hydrogens is 268 g/mol. The number of amides is 2. The molecule has 0 aromatic rings. The maximum absolute atomic E-state index is 12.3. The largest absolute Gasteiger partial charge is 0.444 e. The summed E-state index contributed by atoms with van der Waals surface area (Å²) in [7, 11) is 0. The molecule has 2 heterocycles. The van der Waals surface area contributed by atoms with Crippen molar-refractivity contribution in [3.8, 4) is 0 Å². The van der Waals surface area contributed by atoms with Crippen molar-refractivity contribution >= 4 is 12.0 Å². The molecule has 0 aromatic carbocycles. The molecule has 0 aliphatic carbocycles. The zero-order chi connectivity index (χ0) is 16.0. The summed E-state index contributed by atoms with van der Waals surface area (Å²) in [5.74, 6) is 0.994. The van der Waals surface area contributed by atoms with E-state index in [4.69, 9.17) is 4.74 Å². The summed E-state index contributed by atoms with van der Waals surface area (Å²) in [5, 5.41) is 0. The molecule has 2 amide bonds. The zero-order valence-electron chi connectivity index (χ0n) is 14.1. The van der Waals surface area contributed by atoms with E-state index in [1.54, 1.807) is 4.90 Å². The number of likely N-dealkylation sites (tertiary alicyclic amines) is 2. The second-order valence-corrected chi connectivity index (χ2v) is 8.37. The van der Waals surface area contributed by atoms with Crippen LogP contribution in [0.3, 0.4) is 0 Å². The van der Waals surface area contributed by atoms with E-state index in [0.29, 0.717) is 24.9 Å². The van der Waals surface area contributed by atoms with E-state index in [2.05, 4.69) is 0 Å². The Bertz CT molecular complexity index is 420. The Morgan fingerprint density at radius 3 is 1.67 bits per heavy atom. The van der Waals surface area contributed by atoms with Crippen LogP contribution in [0.2, 0.25) is 0 Å².